The van der Waals surface area contributed by atoms with Crippen LogP contribution in [0.1, 0.15) is 80.1 Å². The van der Waals surface area contributed by atoms with E-state index in [4.69, 9.17) is 0 Å². The predicted molar refractivity (Wildman–Crippen MR) is 73.6 cm³/mol. The highest BCUT2D eigenvalue weighted by atomic mass is 14.4. The molecule has 0 amide bonds. The molecule has 0 N–H and O–H groups in total. The van der Waals surface area contributed by atoms with E-state index in [2.05, 4.69) is 41.5 Å². The average Bonchev–Trinajstić information content (AvgIpc) is 2.12. The van der Waals surface area contributed by atoms with Crippen molar-refractivity contribution in [1.29, 1.82) is 0 Å². The molecular formula is C16H32. The lowest BCUT2D eigenvalue weighted by molar-refractivity contribution is 0.0924. The van der Waals surface area contributed by atoms with Gasteiger partial charge < -0.3 is 0 Å². The summed E-state index contributed by atoms with van der Waals surface area (Å²) in [7, 11) is 0. The Balaban J connectivity index is 2.54. The molecule has 1 fully saturated rings. The SMILES string of the molecule is CC(C)(C)CC[C@@H]1CCCC[C@@H]1C(C)(C)C. The molecule has 96 valence electrons. The summed E-state index contributed by atoms with van der Waals surface area (Å²) in [4.78, 5) is 0. The van der Waals surface area contributed by atoms with Gasteiger partial charge in [0.05, 0.1) is 0 Å². The lowest BCUT2D eigenvalue weighted by Gasteiger charge is -2.41. The van der Waals surface area contributed by atoms with Gasteiger partial charge in [0, 0.05) is 0 Å². The van der Waals surface area contributed by atoms with Crippen LogP contribution in [0, 0.1) is 22.7 Å². The average molecular weight is 224 g/mol. The summed E-state index contributed by atoms with van der Waals surface area (Å²) in [5.74, 6) is 1.96. The van der Waals surface area contributed by atoms with Crippen molar-refractivity contribution in [3.05, 3.63) is 0 Å². The van der Waals surface area contributed by atoms with Crippen LogP contribution >= 0.6 is 0 Å². The summed E-state index contributed by atoms with van der Waals surface area (Å²) in [6.45, 7) is 14.4. The van der Waals surface area contributed by atoms with Crippen molar-refractivity contribution >= 4 is 0 Å². The van der Waals surface area contributed by atoms with Gasteiger partial charge in [-0.3, -0.25) is 0 Å². The first-order valence-corrected chi connectivity index (χ1v) is 7.20. The van der Waals surface area contributed by atoms with Gasteiger partial charge in [-0.15, -0.1) is 0 Å². The van der Waals surface area contributed by atoms with Crippen molar-refractivity contribution in [1.82, 2.24) is 0 Å². The lowest BCUT2D eigenvalue weighted by Crippen LogP contribution is -2.31. The molecule has 0 radical (unpaired) electrons. The zero-order valence-electron chi connectivity index (χ0n) is 12.4. The van der Waals surface area contributed by atoms with E-state index in [0.717, 1.165) is 11.8 Å². The molecule has 1 aliphatic carbocycles. The second kappa shape index (κ2) is 5.10. The summed E-state index contributed by atoms with van der Waals surface area (Å²) in [5.41, 5.74) is 1.03. The quantitative estimate of drug-likeness (QED) is 0.567. The zero-order valence-corrected chi connectivity index (χ0v) is 12.4. The maximum absolute atomic E-state index is 2.44. The number of hydrogen-bond donors (Lipinski definition) is 0. The van der Waals surface area contributed by atoms with Gasteiger partial charge in [0.25, 0.3) is 0 Å². The Morgan fingerprint density at radius 2 is 1.44 bits per heavy atom. The summed E-state index contributed by atoms with van der Waals surface area (Å²) in [5, 5.41) is 0. The van der Waals surface area contributed by atoms with Crippen LogP contribution in [0.2, 0.25) is 0 Å². The molecule has 0 heteroatoms. The Kier molecular flexibility index (Phi) is 4.49. The van der Waals surface area contributed by atoms with Gasteiger partial charge in [-0.25, -0.2) is 0 Å². The van der Waals surface area contributed by atoms with Gasteiger partial charge in [-0.1, -0.05) is 60.8 Å². The van der Waals surface area contributed by atoms with Crippen LogP contribution in [0.3, 0.4) is 0 Å². The molecule has 0 saturated heterocycles. The molecule has 0 aromatic rings. The molecule has 0 aromatic carbocycles. The van der Waals surface area contributed by atoms with Crippen molar-refractivity contribution in [3.8, 4) is 0 Å². The Hall–Kier alpha value is 0. The molecule has 16 heavy (non-hydrogen) atoms. The van der Waals surface area contributed by atoms with E-state index in [-0.39, 0.29) is 0 Å². The lowest BCUT2D eigenvalue weighted by atomic mass is 9.64. The smallest absolute Gasteiger partial charge is 0.0337 e. The third-order valence-electron chi connectivity index (χ3n) is 4.29. The molecule has 0 aromatic heterocycles. The van der Waals surface area contributed by atoms with Crippen LogP contribution in [-0.2, 0) is 0 Å². The second-order valence-electron chi connectivity index (χ2n) is 8.12. The van der Waals surface area contributed by atoms with Gasteiger partial charge in [-0.2, -0.15) is 0 Å². The fraction of sp³-hybridized carbons (Fsp3) is 1.00. The van der Waals surface area contributed by atoms with E-state index < -0.39 is 0 Å². The van der Waals surface area contributed by atoms with Crippen LogP contribution < -0.4 is 0 Å². The number of rotatable bonds is 2. The molecular weight excluding hydrogens is 192 g/mol. The van der Waals surface area contributed by atoms with E-state index in [1.54, 1.807) is 0 Å². The third kappa shape index (κ3) is 4.47. The van der Waals surface area contributed by atoms with E-state index in [9.17, 15) is 0 Å². The standard InChI is InChI=1S/C16H32/c1-15(2,3)12-11-13-9-7-8-10-14(13)16(4,5)6/h13-14H,7-12H2,1-6H3/t13-,14-/m0/s1. The molecule has 2 atom stereocenters. The Labute approximate surface area is 103 Å². The molecule has 0 nitrogen and oxygen atoms in total. The van der Waals surface area contributed by atoms with Gasteiger partial charge in [0.1, 0.15) is 0 Å². The van der Waals surface area contributed by atoms with Gasteiger partial charge in [0.2, 0.25) is 0 Å². The van der Waals surface area contributed by atoms with Gasteiger partial charge >= 0.3 is 0 Å². The third-order valence-corrected chi connectivity index (χ3v) is 4.29. The molecule has 0 bridgehead atoms. The van der Waals surface area contributed by atoms with Crippen LogP contribution in [0.4, 0.5) is 0 Å². The minimum Gasteiger partial charge on any atom is -0.0602 e. The molecule has 0 aliphatic heterocycles. The molecule has 0 unspecified atom stereocenters. The molecule has 0 heterocycles. The summed E-state index contributed by atoms with van der Waals surface area (Å²) >= 11 is 0. The largest absolute Gasteiger partial charge is 0.0602 e. The van der Waals surface area contributed by atoms with Crippen LogP contribution in [0.15, 0.2) is 0 Å². The molecule has 1 aliphatic rings. The maximum Gasteiger partial charge on any atom is -0.0337 e. The Bertz CT molecular complexity index is 201. The summed E-state index contributed by atoms with van der Waals surface area (Å²) in [6.07, 6.45) is 8.74. The Morgan fingerprint density at radius 1 is 0.875 bits per heavy atom. The first-order chi connectivity index (χ1) is 7.20. The van der Waals surface area contributed by atoms with Crippen molar-refractivity contribution < 1.29 is 0 Å². The number of hydrogen-bond acceptors (Lipinski definition) is 0. The minimum atomic E-state index is 0.514. The highest BCUT2D eigenvalue weighted by Gasteiger charge is 2.34. The first kappa shape index (κ1) is 14.1. The molecule has 1 saturated carbocycles. The Morgan fingerprint density at radius 3 is 1.94 bits per heavy atom. The minimum absolute atomic E-state index is 0.514. The summed E-state index contributed by atoms with van der Waals surface area (Å²) < 4.78 is 0. The van der Waals surface area contributed by atoms with E-state index in [0.29, 0.717) is 10.8 Å². The fourth-order valence-electron chi connectivity index (χ4n) is 3.31. The fourth-order valence-corrected chi connectivity index (χ4v) is 3.31. The van der Waals surface area contributed by atoms with Crippen molar-refractivity contribution in [2.24, 2.45) is 22.7 Å². The van der Waals surface area contributed by atoms with E-state index in [1.165, 1.54) is 38.5 Å². The van der Waals surface area contributed by atoms with Crippen LogP contribution in [-0.4, -0.2) is 0 Å². The summed E-state index contributed by atoms with van der Waals surface area (Å²) in [6, 6.07) is 0. The maximum atomic E-state index is 2.44. The predicted octanol–water partition coefficient (Wildman–Crippen LogP) is 5.67. The van der Waals surface area contributed by atoms with Crippen molar-refractivity contribution in [3.63, 3.8) is 0 Å². The van der Waals surface area contributed by atoms with Crippen molar-refractivity contribution in [2.75, 3.05) is 0 Å². The van der Waals surface area contributed by atoms with Gasteiger partial charge in [-0.05, 0) is 41.9 Å². The first-order valence-electron chi connectivity index (χ1n) is 7.20. The molecule has 0 spiro atoms. The normalized spacial score (nSPS) is 28.1. The van der Waals surface area contributed by atoms with Crippen LogP contribution in [0.25, 0.3) is 0 Å². The zero-order chi connectivity index (χ0) is 12.4. The second-order valence-corrected chi connectivity index (χ2v) is 8.12. The van der Waals surface area contributed by atoms with Crippen LogP contribution in [0.5, 0.6) is 0 Å². The highest BCUT2D eigenvalue weighted by Crippen LogP contribution is 2.44. The van der Waals surface area contributed by atoms with Crippen molar-refractivity contribution in [2.45, 2.75) is 80.1 Å². The van der Waals surface area contributed by atoms with Gasteiger partial charge in [0.15, 0.2) is 0 Å². The highest BCUT2D eigenvalue weighted by molar-refractivity contribution is 4.84. The molecule has 1 rings (SSSR count). The monoisotopic (exact) mass is 224 g/mol. The topological polar surface area (TPSA) is 0 Å². The van der Waals surface area contributed by atoms with E-state index >= 15 is 0 Å². The van der Waals surface area contributed by atoms with E-state index in [1.807, 2.05) is 0 Å².